The Kier molecular flexibility index (Phi) is 4.59. The van der Waals surface area contributed by atoms with Crippen molar-refractivity contribution >= 4 is 17.5 Å². The molecule has 0 saturated heterocycles. The number of esters is 1. The van der Waals surface area contributed by atoms with Crippen molar-refractivity contribution in [3.05, 3.63) is 28.4 Å². The normalized spacial score (nSPS) is 10.2. The van der Waals surface area contributed by atoms with Gasteiger partial charge in [-0.3, -0.25) is 14.9 Å². The number of hydrogen-bond donors (Lipinski definition) is 0. The van der Waals surface area contributed by atoms with E-state index in [1.807, 2.05) is 13.8 Å². The number of ether oxygens (including phenoxy) is 1. The minimum absolute atomic E-state index is 0.00232. The van der Waals surface area contributed by atoms with Gasteiger partial charge in [-0.25, -0.2) is 4.98 Å². The first kappa shape index (κ1) is 13.9. The third kappa shape index (κ3) is 3.41. The highest BCUT2D eigenvalue weighted by Gasteiger charge is 2.18. The van der Waals surface area contributed by atoms with Crippen LogP contribution >= 0.6 is 0 Å². The molecule has 0 aromatic carbocycles. The zero-order chi connectivity index (χ0) is 13.7. The number of hydrogen-bond acceptors (Lipinski definition) is 6. The molecular weight excluding hydrogens is 238 g/mol. The number of carbonyl (C=O) groups is 1. The summed E-state index contributed by atoms with van der Waals surface area (Å²) in [5.74, 6) is -0.0402. The number of nitrogens with zero attached hydrogens (tertiary/aromatic N) is 3. The Morgan fingerprint density at radius 2 is 2.28 bits per heavy atom. The standard InChI is InChI=1S/C11H15N3O4/c1-8(2)13(7-11(15)18-3)10-6-9(14(16)17)4-5-12-10/h4-6,8H,7H2,1-3H3. The number of carbonyl (C=O) groups excluding carboxylic acids is 1. The Bertz CT molecular complexity index is 448. The first-order valence-electron chi connectivity index (χ1n) is 5.39. The van der Waals surface area contributed by atoms with Crippen molar-refractivity contribution in [2.24, 2.45) is 0 Å². The zero-order valence-electron chi connectivity index (χ0n) is 10.5. The Morgan fingerprint density at radius 1 is 1.61 bits per heavy atom. The highest BCUT2D eigenvalue weighted by Crippen LogP contribution is 2.19. The molecule has 1 heterocycles. The second-order valence-corrected chi connectivity index (χ2v) is 3.93. The van der Waals surface area contributed by atoms with Gasteiger partial charge in [-0.1, -0.05) is 0 Å². The highest BCUT2D eigenvalue weighted by molar-refractivity contribution is 5.75. The van der Waals surface area contributed by atoms with Gasteiger partial charge in [-0.2, -0.15) is 0 Å². The van der Waals surface area contributed by atoms with Crippen LogP contribution in [0.5, 0.6) is 0 Å². The lowest BCUT2D eigenvalue weighted by Gasteiger charge is -2.26. The molecule has 1 rings (SSSR count). The molecule has 0 atom stereocenters. The number of nitro groups is 1. The van der Waals surface area contributed by atoms with Crippen molar-refractivity contribution in [3.63, 3.8) is 0 Å². The van der Waals surface area contributed by atoms with Crippen LogP contribution in [0.25, 0.3) is 0 Å². The predicted octanol–water partition coefficient (Wildman–Crippen LogP) is 1.38. The Morgan fingerprint density at radius 3 is 2.78 bits per heavy atom. The summed E-state index contributed by atoms with van der Waals surface area (Å²) < 4.78 is 4.59. The van der Waals surface area contributed by atoms with Crippen molar-refractivity contribution in [3.8, 4) is 0 Å². The summed E-state index contributed by atoms with van der Waals surface area (Å²) in [7, 11) is 1.29. The third-order valence-electron chi connectivity index (χ3n) is 2.38. The molecule has 0 N–H and O–H groups in total. The molecule has 1 aromatic heterocycles. The fraction of sp³-hybridized carbons (Fsp3) is 0.455. The first-order valence-corrected chi connectivity index (χ1v) is 5.39. The number of methoxy groups -OCH3 is 1. The van der Waals surface area contributed by atoms with Gasteiger partial charge in [0, 0.05) is 18.3 Å². The molecule has 0 aliphatic carbocycles. The van der Waals surface area contributed by atoms with Gasteiger partial charge in [-0.15, -0.1) is 0 Å². The predicted molar refractivity (Wildman–Crippen MR) is 65.4 cm³/mol. The lowest BCUT2D eigenvalue weighted by molar-refractivity contribution is -0.384. The van der Waals surface area contributed by atoms with E-state index in [1.54, 1.807) is 4.90 Å². The molecule has 18 heavy (non-hydrogen) atoms. The van der Waals surface area contributed by atoms with E-state index in [0.29, 0.717) is 5.82 Å². The Hall–Kier alpha value is -2.18. The van der Waals surface area contributed by atoms with Crippen molar-refractivity contribution in [1.29, 1.82) is 0 Å². The Balaban J connectivity index is 3.02. The molecule has 98 valence electrons. The second-order valence-electron chi connectivity index (χ2n) is 3.93. The van der Waals surface area contributed by atoms with Gasteiger partial charge in [0.05, 0.1) is 18.1 Å². The summed E-state index contributed by atoms with van der Waals surface area (Å²) >= 11 is 0. The molecule has 0 saturated carbocycles. The minimum Gasteiger partial charge on any atom is -0.468 e. The van der Waals surface area contributed by atoms with Gasteiger partial charge in [0.2, 0.25) is 0 Å². The maximum atomic E-state index is 11.3. The molecule has 1 aromatic rings. The first-order chi connectivity index (χ1) is 8.45. The van der Waals surface area contributed by atoms with Crippen molar-refractivity contribution in [2.75, 3.05) is 18.6 Å². The maximum Gasteiger partial charge on any atom is 0.325 e. The SMILES string of the molecule is COC(=O)CN(c1cc([N+](=O)[O-])ccn1)C(C)C. The monoisotopic (exact) mass is 253 g/mol. The van der Waals surface area contributed by atoms with Crippen molar-refractivity contribution in [1.82, 2.24) is 4.98 Å². The van der Waals surface area contributed by atoms with Crippen LogP contribution in [0.2, 0.25) is 0 Å². The molecule has 0 aliphatic rings. The fourth-order valence-corrected chi connectivity index (χ4v) is 1.41. The molecule has 0 aliphatic heterocycles. The van der Waals surface area contributed by atoms with Crippen LogP contribution in [0, 0.1) is 10.1 Å². The van der Waals surface area contributed by atoms with Crippen LogP contribution in [-0.2, 0) is 9.53 Å². The van der Waals surface area contributed by atoms with Gasteiger partial charge in [0.15, 0.2) is 0 Å². The van der Waals surface area contributed by atoms with Crippen molar-refractivity contribution in [2.45, 2.75) is 19.9 Å². The summed E-state index contributed by atoms with van der Waals surface area (Å²) in [6.45, 7) is 3.73. The number of anilines is 1. The van der Waals surface area contributed by atoms with E-state index in [4.69, 9.17) is 0 Å². The van der Waals surface area contributed by atoms with E-state index < -0.39 is 10.9 Å². The van der Waals surface area contributed by atoms with Crippen molar-refractivity contribution < 1.29 is 14.5 Å². The molecule has 7 nitrogen and oxygen atoms in total. The van der Waals surface area contributed by atoms with Gasteiger partial charge in [0.25, 0.3) is 5.69 Å². The minimum atomic E-state index is -0.498. The second kappa shape index (κ2) is 5.95. The zero-order valence-corrected chi connectivity index (χ0v) is 10.5. The maximum absolute atomic E-state index is 11.3. The molecule has 7 heteroatoms. The summed E-state index contributed by atoms with van der Waals surface area (Å²) in [4.78, 5) is 27.2. The van der Waals surface area contributed by atoms with E-state index in [1.165, 1.54) is 25.4 Å². The topological polar surface area (TPSA) is 85.6 Å². The third-order valence-corrected chi connectivity index (χ3v) is 2.38. The van der Waals surface area contributed by atoms with Gasteiger partial charge in [-0.05, 0) is 13.8 Å². The van der Waals surface area contributed by atoms with Gasteiger partial charge in [0.1, 0.15) is 12.4 Å². The van der Waals surface area contributed by atoms with Crippen LogP contribution in [0.4, 0.5) is 11.5 Å². The summed E-state index contributed by atoms with van der Waals surface area (Å²) in [5.41, 5.74) is -0.0597. The smallest absolute Gasteiger partial charge is 0.325 e. The lowest BCUT2D eigenvalue weighted by Crippen LogP contribution is -2.36. The molecule has 0 spiro atoms. The van der Waals surface area contributed by atoms with Crippen LogP contribution in [-0.4, -0.2) is 35.6 Å². The van der Waals surface area contributed by atoms with Crippen LogP contribution in [0.1, 0.15) is 13.8 Å². The quantitative estimate of drug-likeness (QED) is 0.447. The molecule has 0 unspecified atom stereocenters. The van der Waals surface area contributed by atoms with E-state index in [2.05, 4.69) is 9.72 Å². The summed E-state index contributed by atoms with van der Waals surface area (Å²) in [6.07, 6.45) is 1.35. The van der Waals surface area contributed by atoms with E-state index in [-0.39, 0.29) is 18.3 Å². The average Bonchev–Trinajstić information content (AvgIpc) is 2.35. The number of rotatable bonds is 5. The molecule has 0 radical (unpaired) electrons. The number of pyridine rings is 1. The van der Waals surface area contributed by atoms with Gasteiger partial charge >= 0.3 is 5.97 Å². The van der Waals surface area contributed by atoms with Crippen LogP contribution in [0.15, 0.2) is 18.3 Å². The van der Waals surface area contributed by atoms with Crippen LogP contribution < -0.4 is 4.90 Å². The molecule has 0 amide bonds. The molecule has 0 bridgehead atoms. The Labute approximate surface area is 105 Å². The summed E-state index contributed by atoms with van der Waals surface area (Å²) in [6, 6.07) is 2.61. The molecule has 0 fully saturated rings. The number of aromatic nitrogens is 1. The molecular formula is C11H15N3O4. The van der Waals surface area contributed by atoms with Crippen LogP contribution in [0.3, 0.4) is 0 Å². The summed E-state index contributed by atoms with van der Waals surface area (Å²) in [5, 5.41) is 10.7. The van der Waals surface area contributed by atoms with E-state index in [0.717, 1.165) is 0 Å². The van der Waals surface area contributed by atoms with Gasteiger partial charge < -0.3 is 9.64 Å². The van der Waals surface area contributed by atoms with E-state index >= 15 is 0 Å². The van der Waals surface area contributed by atoms with E-state index in [9.17, 15) is 14.9 Å². The lowest BCUT2D eigenvalue weighted by atomic mass is 10.3. The largest absolute Gasteiger partial charge is 0.468 e. The fourth-order valence-electron chi connectivity index (χ4n) is 1.41. The highest BCUT2D eigenvalue weighted by atomic mass is 16.6. The average molecular weight is 253 g/mol.